The van der Waals surface area contributed by atoms with Gasteiger partial charge in [-0.1, -0.05) is 77.0 Å². The molecule has 0 bridgehead atoms. The summed E-state index contributed by atoms with van der Waals surface area (Å²) < 4.78 is 5.29. The molecule has 0 N–H and O–H groups in total. The van der Waals surface area contributed by atoms with Crippen molar-refractivity contribution in [2.75, 3.05) is 13.1 Å². The summed E-state index contributed by atoms with van der Waals surface area (Å²) in [4.78, 5) is 46.8. The third-order valence-electron chi connectivity index (χ3n) is 5.54. The Kier molecular flexibility index (Phi) is 19.8. The number of hydrogen-bond acceptors (Lipinski definition) is 5. The highest BCUT2D eigenvalue weighted by atomic mass is 16.6. The van der Waals surface area contributed by atoms with E-state index in [1.165, 1.54) is 69.1 Å². The molecule has 1 amide bonds. The second-order valence-electron chi connectivity index (χ2n) is 9.95. The molecule has 0 aliphatic heterocycles. The average molecular weight is 467 g/mol. The lowest BCUT2D eigenvalue weighted by Crippen LogP contribution is -2.39. The molecule has 0 aromatic carbocycles. The van der Waals surface area contributed by atoms with Gasteiger partial charge in [0, 0.05) is 25.8 Å². The maximum Gasteiger partial charge on any atom is 0.326 e. The Morgan fingerprint density at radius 2 is 1.24 bits per heavy atom. The van der Waals surface area contributed by atoms with E-state index in [1.54, 1.807) is 27.1 Å². The van der Waals surface area contributed by atoms with Crippen LogP contribution in [0.2, 0.25) is 0 Å². The number of esters is 1. The highest BCUT2D eigenvalue weighted by molar-refractivity contribution is 5.82. The van der Waals surface area contributed by atoms with Crippen molar-refractivity contribution in [2.45, 2.75) is 136 Å². The van der Waals surface area contributed by atoms with Crippen molar-refractivity contribution in [1.29, 1.82) is 0 Å². The van der Waals surface area contributed by atoms with Crippen molar-refractivity contribution in [1.82, 2.24) is 4.90 Å². The summed E-state index contributed by atoms with van der Waals surface area (Å²) in [6, 6.07) is 0. The minimum Gasteiger partial charge on any atom is -0.459 e. The first-order chi connectivity index (χ1) is 15.8. The van der Waals surface area contributed by atoms with Crippen LogP contribution in [0.1, 0.15) is 130 Å². The number of hydrogen-bond donors (Lipinski definition) is 0. The molecule has 0 aliphatic rings. The van der Waals surface area contributed by atoms with Gasteiger partial charge in [0.2, 0.25) is 5.91 Å². The minimum absolute atomic E-state index is 0.0974. The summed E-state index contributed by atoms with van der Waals surface area (Å²) in [6.07, 6.45) is 20.7. The van der Waals surface area contributed by atoms with Gasteiger partial charge in [-0.3, -0.25) is 14.4 Å². The van der Waals surface area contributed by atoms with E-state index in [0.29, 0.717) is 12.8 Å². The third-order valence-corrected chi connectivity index (χ3v) is 5.54. The number of ether oxygens (including phenoxy) is 1. The summed E-state index contributed by atoms with van der Waals surface area (Å²) in [5, 5.41) is 0. The molecule has 0 spiro atoms. The van der Waals surface area contributed by atoms with E-state index in [0.717, 1.165) is 32.0 Å². The third kappa shape index (κ3) is 21.9. The molecule has 191 valence electrons. The molecule has 0 aromatic heterocycles. The molecule has 1 radical (unpaired) electrons. The van der Waals surface area contributed by atoms with E-state index in [1.807, 2.05) is 0 Å². The number of amides is 1. The lowest BCUT2D eigenvalue weighted by Gasteiger charge is -2.24. The Hall–Kier alpha value is -1.72. The maximum absolute atomic E-state index is 12.5. The van der Waals surface area contributed by atoms with Crippen LogP contribution in [0.25, 0.3) is 0 Å². The Balaban J connectivity index is 3.73. The fourth-order valence-electron chi connectivity index (χ4n) is 3.79. The molecule has 0 unspecified atom stereocenters. The summed E-state index contributed by atoms with van der Waals surface area (Å²) in [7, 11) is 0. The first kappa shape index (κ1) is 31.3. The van der Waals surface area contributed by atoms with E-state index in [-0.39, 0.29) is 25.4 Å². The molecular weight excluding hydrogens is 418 g/mol. The van der Waals surface area contributed by atoms with Gasteiger partial charge in [0.25, 0.3) is 0 Å². The summed E-state index contributed by atoms with van der Waals surface area (Å²) >= 11 is 0. The van der Waals surface area contributed by atoms with Gasteiger partial charge in [0.1, 0.15) is 18.4 Å². The Labute approximate surface area is 202 Å². The largest absolute Gasteiger partial charge is 0.459 e. The van der Waals surface area contributed by atoms with Crippen LogP contribution in [0.5, 0.6) is 0 Å². The lowest BCUT2D eigenvalue weighted by atomic mass is 10.0. The van der Waals surface area contributed by atoms with Crippen LogP contribution in [-0.4, -0.2) is 48.0 Å². The molecule has 0 fully saturated rings. The molecule has 33 heavy (non-hydrogen) atoms. The second-order valence-corrected chi connectivity index (χ2v) is 9.95. The fraction of sp³-hybridized carbons (Fsp3) is 0.852. The number of rotatable bonds is 22. The van der Waals surface area contributed by atoms with Crippen LogP contribution in [-0.2, 0) is 23.9 Å². The zero-order chi connectivity index (χ0) is 24.8. The van der Waals surface area contributed by atoms with E-state index >= 15 is 0 Å². The minimum atomic E-state index is -0.596. The van der Waals surface area contributed by atoms with Crippen molar-refractivity contribution in [3.05, 3.63) is 0 Å². The van der Waals surface area contributed by atoms with Crippen molar-refractivity contribution in [3.63, 3.8) is 0 Å². The van der Waals surface area contributed by atoms with Crippen LogP contribution < -0.4 is 0 Å². The maximum atomic E-state index is 12.5. The quantitative estimate of drug-likeness (QED) is 0.109. The lowest BCUT2D eigenvalue weighted by molar-refractivity contribution is -0.158. The number of unbranched alkanes of at least 4 members (excludes halogenated alkanes) is 14. The molecule has 0 saturated carbocycles. The summed E-state index contributed by atoms with van der Waals surface area (Å²) in [5.74, 6) is -0.545. The molecule has 6 nitrogen and oxygen atoms in total. The Morgan fingerprint density at radius 1 is 0.788 bits per heavy atom. The van der Waals surface area contributed by atoms with Crippen LogP contribution in [0.4, 0.5) is 0 Å². The first-order valence-electron chi connectivity index (χ1n) is 13.1. The molecular formula is C27H48NO5. The standard InChI is InChI=1S/C27H48NO5/c1-27(2,3)33-26(32)24-28(21-19-23-30)25(31)20-17-15-13-11-9-7-5-4-6-8-10-12-14-16-18-22-29/h22H,4-21,24H2,1-3H3. The zero-order valence-electron chi connectivity index (χ0n) is 21.5. The van der Waals surface area contributed by atoms with Gasteiger partial charge in [0.05, 0.1) is 0 Å². The van der Waals surface area contributed by atoms with Crippen molar-refractivity contribution in [3.8, 4) is 0 Å². The molecule has 0 heterocycles. The predicted octanol–water partition coefficient (Wildman–Crippen LogP) is 6.10. The smallest absolute Gasteiger partial charge is 0.326 e. The van der Waals surface area contributed by atoms with Crippen LogP contribution in [0, 0.1) is 0 Å². The van der Waals surface area contributed by atoms with Crippen molar-refractivity contribution < 1.29 is 23.9 Å². The predicted molar refractivity (Wildman–Crippen MR) is 133 cm³/mol. The van der Waals surface area contributed by atoms with Crippen molar-refractivity contribution in [2.24, 2.45) is 0 Å². The highest BCUT2D eigenvalue weighted by Gasteiger charge is 2.21. The first-order valence-corrected chi connectivity index (χ1v) is 13.1. The van der Waals surface area contributed by atoms with E-state index in [2.05, 4.69) is 0 Å². The fourth-order valence-corrected chi connectivity index (χ4v) is 3.79. The Morgan fingerprint density at radius 3 is 1.67 bits per heavy atom. The highest BCUT2D eigenvalue weighted by Crippen LogP contribution is 2.14. The topological polar surface area (TPSA) is 80.8 Å². The van der Waals surface area contributed by atoms with Crippen LogP contribution in [0.3, 0.4) is 0 Å². The van der Waals surface area contributed by atoms with Gasteiger partial charge < -0.3 is 14.4 Å². The number of carbonyl (C=O) groups excluding carboxylic acids is 4. The van der Waals surface area contributed by atoms with E-state index in [4.69, 9.17) is 4.74 Å². The van der Waals surface area contributed by atoms with E-state index < -0.39 is 11.6 Å². The van der Waals surface area contributed by atoms with Gasteiger partial charge in [-0.2, -0.15) is 0 Å². The van der Waals surface area contributed by atoms with Crippen LogP contribution in [0.15, 0.2) is 0 Å². The number of nitrogens with zero attached hydrogens (tertiary/aromatic N) is 1. The van der Waals surface area contributed by atoms with Crippen LogP contribution >= 0.6 is 0 Å². The van der Waals surface area contributed by atoms with Gasteiger partial charge in [-0.05, 0) is 33.6 Å². The van der Waals surface area contributed by atoms with Gasteiger partial charge in [0.15, 0.2) is 6.29 Å². The average Bonchev–Trinajstić information content (AvgIpc) is 2.74. The number of aldehydes is 1. The molecule has 0 atom stereocenters. The van der Waals surface area contributed by atoms with Crippen molar-refractivity contribution >= 4 is 24.4 Å². The molecule has 0 aromatic rings. The normalized spacial score (nSPS) is 11.2. The zero-order valence-corrected chi connectivity index (χ0v) is 21.5. The molecule has 0 saturated heterocycles. The monoisotopic (exact) mass is 466 g/mol. The van der Waals surface area contributed by atoms with Gasteiger partial charge in [-0.15, -0.1) is 0 Å². The summed E-state index contributed by atoms with van der Waals surface area (Å²) in [6.45, 7) is 5.47. The Bertz CT molecular complexity index is 527. The van der Waals surface area contributed by atoms with Gasteiger partial charge >= 0.3 is 5.97 Å². The summed E-state index contributed by atoms with van der Waals surface area (Å²) in [5.41, 5.74) is -0.596. The molecule has 0 rings (SSSR count). The SMILES string of the molecule is CC(C)(C)OC(=O)CN(CC[C]=O)C(=O)CCCCCCCCCCCCCCCCC=O. The number of carbonyl (C=O) groups is 3. The van der Waals surface area contributed by atoms with E-state index in [9.17, 15) is 19.2 Å². The van der Waals surface area contributed by atoms with Gasteiger partial charge in [-0.25, -0.2) is 0 Å². The molecule has 6 heteroatoms. The second kappa shape index (κ2) is 20.9. The molecule has 0 aliphatic carbocycles.